The molecule has 2 aromatic carbocycles. The topological polar surface area (TPSA) is 41.9 Å². The van der Waals surface area contributed by atoms with E-state index in [1.54, 1.807) is 19.2 Å². The van der Waals surface area contributed by atoms with Crippen LogP contribution in [0.15, 0.2) is 48.5 Å². The Hall–Kier alpha value is -2.20. The van der Waals surface area contributed by atoms with Gasteiger partial charge in [-0.2, -0.15) is 0 Å². The molecule has 4 heteroatoms. The zero-order chi connectivity index (χ0) is 18.8. The van der Waals surface area contributed by atoms with Gasteiger partial charge in [0, 0.05) is 19.6 Å². The van der Waals surface area contributed by atoms with E-state index >= 15 is 0 Å². The van der Waals surface area contributed by atoms with Gasteiger partial charge in [0.2, 0.25) is 0 Å². The molecule has 0 radical (unpaired) electrons. The molecule has 1 heterocycles. The molecule has 1 aliphatic heterocycles. The molecule has 2 fully saturated rings. The summed E-state index contributed by atoms with van der Waals surface area (Å²) in [6, 6.07) is 15.6. The summed E-state index contributed by atoms with van der Waals surface area (Å²) in [7, 11) is 1.68. The van der Waals surface area contributed by atoms with Crippen molar-refractivity contribution in [1.82, 2.24) is 4.90 Å². The largest absolute Gasteiger partial charge is 0.508 e. The number of hydrogen-bond donors (Lipinski definition) is 1. The summed E-state index contributed by atoms with van der Waals surface area (Å²) in [4.78, 5) is 2.61. The Labute approximate surface area is 161 Å². The Morgan fingerprint density at radius 2 is 1.56 bits per heavy atom. The van der Waals surface area contributed by atoms with Gasteiger partial charge in [0.25, 0.3) is 0 Å². The molecule has 2 aromatic rings. The van der Waals surface area contributed by atoms with Crippen LogP contribution >= 0.6 is 0 Å². The van der Waals surface area contributed by atoms with Gasteiger partial charge in [0.05, 0.1) is 13.2 Å². The second kappa shape index (κ2) is 7.81. The lowest BCUT2D eigenvalue weighted by Crippen LogP contribution is -2.28. The summed E-state index contributed by atoms with van der Waals surface area (Å²) < 4.78 is 11.4. The summed E-state index contributed by atoms with van der Waals surface area (Å²) in [5.41, 5.74) is 1.30. The number of hydrogen-bond acceptors (Lipinski definition) is 4. The van der Waals surface area contributed by atoms with E-state index in [1.807, 2.05) is 36.4 Å². The van der Waals surface area contributed by atoms with Crippen LogP contribution in [-0.2, 0) is 0 Å². The third-order valence-electron chi connectivity index (χ3n) is 6.14. The summed E-state index contributed by atoms with van der Waals surface area (Å²) in [6.07, 6.45) is 2.65. The number of fused-ring (bicyclic) bond motifs is 1. The van der Waals surface area contributed by atoms with Crippen molar-refractivity contribution in [1.29, 1.82) is 0 Å². The molecule has 144 valence electrons. The highest BCUT2D eigenvalue weighted by atomic mass is 16.5. The maximum Gasteiger partial charge on any atom is 0.119 e. The van der Waals surface area contributed by atoms with E-state index in [0.717, 1.165) is 42.7 Å². The fourth-order valence-electron chi connectivity index (χ4n) is 4.73. The van der Waals surface area contributed by atoms with Crippen LogP contribution in [0, 0.1) is 11.8 Å². The Kier molecular flexibility index (Phi) is 5.26. The molecule has 1 N–H and O–H groups in total. The molecule has 2 unspecified atom stereocenters. The quantitative estimate of drug-likeness (QED) is 0.827. The number of likely N-dealkylation sites (tertiary alicyclic amines) is 1. The highest BCUT2D eigenvalue weighted by Gasteiger charge is 2.41. The van der Waals surface area contributed by atoms with E-state index in [0.29, 0.717) is 17.8 Å². The third kappa shape index (κ3) is 4.22. The molecule has 2 aliphatic rings. The van der Waals surface area contributed by atoms with Gasteiger partial charge in [0.15, 0.2) is 0 Å². The van der Waals surface area contributed by atoms with E-state index in [-0.39, 0.29) is 0 Å². The number of benzene rings is 2. The molecule has 4 nitrogen and oxygen atoms in total. The lowest BCUT2D eigenvalue weighted by atomic mass is 10.0. The SMILES string of the molecule is COc1ccc(O[C@H]2CC3CN(CC(C)c4ccc(O)cc4)C[C@H]3C2)cc1. The second-order valence-electron chi connectivity index (χ2n) is 8.12. The number of phenolic OH excluding ortho intramolecular Hbond substituents is 1. The first kappa shape index (κ1) is 18.2. The maximum absolute atomic E-state index is 9.46. The van der Waals surface area contributed by atoms with Crippen molar-refractivity contribution in [2.45, 2.75) is 31.8 Å². The minimum absolute atomic E-state index is 0.338. The zero-order valence-corrected chi connectivity index (χ0v) is 16.2. The lowest BCUT2D eigenvalue weighted by molar-refractivity contribution is 0.184. The minimum Gasteiger partial charge on any atom is -0.508 e. The molecule has 0 spiro atoms. The maximum atomic E-state index is 9.46. The van der Waals surface area contributed by atoms with Crippen LogP contribution in [0.1, 0.15) is 31.2 Å². The van der Waals surface area contributed by atoms with Crippen molar-refractivity contribution in [3.8, 4) is 17.2 Å². The van der Waals surface area contributed by atoms with Crippen LogP contribution in [-0.4, -0.2) is 42.9 Å². The second-order valence-corrected chi connectivity index (χ2v) is 8.12. The van der Waals surface area contributed by atoms with Gasteiger partial charge >= 0.3 is 0 Å². The van der Waals surface area contributed by atoms with Gasteiger partial charge in [-0.3, -0.25) is 0 Å². The van der Waals surface area contributed by atoms with E-state index in [2.05, 4.69) is 11.8 Å². The number of nitrogens with zero attached hydrogens (tertiary/aromatic N) is 1. The molecule has 1 saturated heterocycles. The molecule has 0 amide bonds. The van der Waals surface area contributed by atoms with Gasteiger partial charge in [-0.05, 0) is 72.6 Å². The van der Waals surface area contributed by atoms with E-state index in [1.165, 1.54) is 18.7 Å². The average molecular weight is 367 g/mol. The van der Waals surface area contributed by atoms with Gasteiger partial charge in [-0.25, -0.2) is 0 Å². The predicted molar refractivity (Wildman–Crippen MR) is 107 cm³/mol. The Morgan fingerprint density at radius 3 is 2.15 bits per heavy atom. The van der Waals surface area contributed by atoms with Crippen molar-refractivity contribution in [2.75, 3.05) is 26.7 Å². The van der Waals surface area contributed by atoms with Crippen LogP contribution < -0.4 is 9.47 Å². The van der Waals surface area contributed by atoms with Crippen LogP contribution in [0.5, 0.6) is 17.2 Å². The minimum atomic E-state index is 0.338. The lowest BCUT2D eigenvalue weighted by Gasteiger charge is -2.23. The van der Waals surface area contributed by atoms with Gasteiger partial charge in [-0.15, -0.1) is 0 Å². The molecular weight excluding hydrogens is 338 g/mol. The van der Waals surface area contributed by atoms with Crippen molar-refractivity contribution in [3.63, 3.8) is 0 Å². The van der Waals surface area contributed by atoms with E-state index < -0.39 is 0 Å². The number of methoxy groups -OCH3 is 1. The smallest absolute Gasteiger partial charge is 0.119 e. The summed E-state index contributed by atoms with van der Waals surface area (Å²) in [6.45, 7) is 5.71. The van der Waals surface area contributed by atoms with Crippen molar-refractivity contribution < 1.29 is 14.6 Å². The van der Waals surface area contributed by atoms with Gasteiger partial charge in [0.1, 0.15) is 17.2 Å². The normalized spacial score (nSPS) is 25.9. The van der Waals surface area contributed by atoms with Gasteiger partial charge < -0.3 is 19.5 Å². The monoisotopic (exact) mass is 367 g/mol. The van der Waals surface area contributed by atoms with Crippen LogP contribution in [0.25, 0.3) is 0 Å². The van der Waals surface area contributed by atoms with Crippen molar-refractivity contribution >= 4 is 0 Å². The zero-order valence-electron chi connectivity index (χ0n) is 16.2. The number of phenols is 1. The summed E-state index contributed by atoms with van der Waals surface area (Å²) in [5, 5.41) is 9.46. The molecule has 4 rings (SSSR count). The van der Waals surface area contributed by atoms with Crippen molar-refractivity contribution in [3.05, 3.63) is 54.1 Å². The Bertz CT molecular complexity index is 729. The van der Waals surface area contributed by atoms with E-state index in [9.17, 15) is 5.11 Å². The highest BCUT2D eigenvalue weighted by Crippen LogP contribution is 2.40. The molecule has 0 bridgehead atoms. The van der Waals surface area contributed by atoms with Crippen LogP contribution in [0.4, 0.5) is 0 Å². The number of ether oxygens (including phenoxy) is 2. The van der Waals surface area contributed by atoms with Crippen molar-refractivity contribution in [2.24, 2.45) is 11.8 Å². The first-order valence-electron chi connectivity index (χ1n) is 9.92. The highest BCUT2D eigenvalue weighted by molar-refractivity contribution is 5.31. The summed E-state index contributed by atoms with van der Waals surface area (Å²) in [5.74, 6) is 4.13. The Morgan fingerprint density at radius 1 is 0.963 bits per heavy atom. The predicted octanol–water partition coefficient (Wildman–Crippen LogP) is 4.29. The fourth-order valence-corrected chi connectivity index (χ4v) is 4.73. The van der Waals surface area contributed by atoms with Gasteiger partial charge in [-0.1, -0.05) is 19.1 Å². The first-order chi connectivity index (χ1) is 13.1. The number of aromatic hydroxyl groups is 1. The molecule has 0 aromatic heterocycles. The summed E-state index contributed by atoms with van der Waals surface area (Å²) >= 11 is 0. The number of rotatable bonds is 6. The third-order valence-corrected chi connectivity index (χ3v) is 6.14. The molecule has 1 saturated carbocycles. The molecular formula is C23H29NO3. The van der Waals surface area contributed by atoms with E-state index in [4.69, 9.17) is 9.47 Å². The molecule has 1 aliphatic carbocycles. The van der Waals surface area contributed by atoms with Crippen LogP contribution in [0.2, 0.25) is 0 Å². The Balaban J connectivity index is 1.27. The fraction of sp³-hybridized carbons (Fsp3) is 0.478. The molecule has 27 heavy (non-hydrogen) atoms. The van der Waals surface area contributed by atoms with Crippen LogP contribution in [0.3, 0.4) is 0 Å². The average Bonchev–Trinajstić information content (AvgIpc) is 3.20. The standard InChI is InChI=1S/C23H29NO3/c1-16(17-3-5-20(25)6-4-17)13-24-14-18-11-23(12-19(18)15-24)27-22-9-7-21(26-2)8-10-22/h3-10,16,18-19,23,25H,11-15H2,1-2H3/t16?,18-,19?,23-/m1/s1. The molecule has 4 atom stereocenters. The first-order valence-corrected chi connectivity index (χ1v) is 9.92.